The predicted molar refractivity (Wildman–Crippen MR) is 75.9 cm³/mol. The van der Waals surface area contributed by atoms with E-state index >= 15 is 0 Å². The third kappa shape index (κ3) is 2.60. The van der Waals surface area contributed by atoms with Crippen molar-refractivity contribution in [1.82, 2.24) is 5.32 Å². The molecule has 0 aliphatic carbocycles. The first-order chi connectivity index (χ1) is 8.48. The van der Waals surface area contributed by atoms with Crippen molar-refractivity contribution in [3.63, 3.8) is 0 Å². The Hall–Kier alpha value is -0.860. The lowest BCUT2D eigenvalue weighted by Gasteiger charge is -2.38. The lowest BCUT2D eigenvalue weighted by molar-refractivity contribution is 0.0398. The predicted octanol–water partition coefficient (Wildman–Crippen LogP) is 3.21. The standard InChI is InChI=1S/C16H25NO/c1-15(2,3)13-5-7-14(8-6-13)16(17-4)9-11-18-12-10-16/h5-8,17H,9-12H2,1-4H3. The van der Waals surface area contributed by atoms with Crippen LogP contribution < -0.4 is 5.32 Å². The molecule has 1 aliphatic heterocycles. The van der Waals surface area contributed by atoms with E-state index in [1.165, 1.54) is 11.1 Å². The summed E-state index contributed by atoms with van der Waals surface area (Å²) in [5.74, 6) is 0. The topological polar surface area (TPSA) is 21.3 Å². The summed E-state index contributed by atoms with van der Waals surface area (Å²) in [5, 5.41) is 3.51. The average molecular weight is 247 g/mol. The van der Waals surface area contributed by atoms with Gasteiger partial charge in [-0.15, -0.1) is 0 Å². The molecular weight excluding hydrogens is 222 g/mol. The highest BCUT2D eigenvalue weighted by Gasteiger charge is 2.32. The third-order valence-electron chi connectivity index (χ3n) is 4.13. The molecule has 1 aromatic carbocycles. The van der Waals surface area contributed by atoms with Gasteiger partial charge in [0.2, 0.25) is 0 Å². The number of ether oxygens (including phenoxy) is 1. The van der Waals surface area contributed by atoms with E-state index in [2.05, 4.69) is 57.4 Å². The first-order valence-electron chi connectivity index (χ1n) is 6.86. The van der Waals surface area contributed by atoms with Crippen molar-refractivity contribution in [3.8, 4) is 0 Å². The molecule has 0 saturated carbocycles. The van der Waals surface area contributed by atoms with Gasteiger partial charge < -0.3 is 10.1 Å². The molecule has 1 heterocycles. The van der Waals surface area contributed by atoms with Gasteiger partial charge in [-0.1, -0.05) is 45.0 Å². The number of hydrogen-bond donors (Lipinski definition) is 1. The van der Waals surface area contributed by atoms with E-state index in [0.717, 1.165) is 26.1 Å². The fraction of sp³-hybridized carbons (Fsp3) is 0.625. The molecule has 18 heavy (non-hydrogen) atoms. The van der Waals surface area contributed by atoms with E-state index < -0.39 is 0 Å². The number of nitrogens with one attached hydrogen (secondary N) is 1. The molecule has 100 valence electrons. The quantitative estimate of drug-likeness (QED) is 0.866. The summed E-state index contributed by atoms with van der Waals surface area (Å²) >= 11 is 0. The minimum absolute atomic E-state index is 0.106. The van der Waals surface area contributed by atoms with E-state index in [4.69, 9.17) is 4.74 Å². The van der Waals surface area contributed by atoms with Gasteiger partial charge >= 0.3 is 0 Å². The first kappa shape index (κ1) is 13.6. The number of rotatable bonds is 2. The first-order valence-corrected chi connectivity index (χ1v) is 6.86. The SMILES string of the molecule is CNC1(c2ccc(C(C)(C)C)cc2)CCOCC1. The largest absolute Gasteiger partial charge is 0.381 e. The Morgan fingerprint density at radius 1 is 1.06 bits per heavy atom. The molecule has 0 bridgehead atoms. The second kappa shape index (κ2) is 5.02. The van der Waals surface area contributed by atoms with Crippen molar-refractivity contribution in [2.45, 2.75) is 44.6 Å². The molecule has 0 spiro atoms. The molecule has 2 heteroatoms. The van der Waals surface area contributed by atoms with Crippen molar-refractivity contribution < 1.29 is 4.74 Å². The zero-order chi connectivity index (χ0) is 13.2. The summed E-state index contributed by atoms with van der Waals surface area (Å²) in [6, 6.07) is 9.10. The Balaban J connectivity index is 2.27. The van der Waals surface area contributed by atoms with Gasteiger partial charge in [-0.2, -0.15) is 0 Å². The van der Waals surface area contributed by atoms with Gasteiger partial charge in [0.1, 0.15) is 0 Å². The van der Waals surface area contributed by atoms with E-state index in [1.807, 2.05) is 0 Å². The van der Waals surface area contributed by atoms with Gasteiger partial charge in [0, 0.05) is 18.8 Å². The Labute approximate surface area is 111 Å². The highest BCUT2D eigenvalue weighted by atomic mass is 16.5. The van der Waals surface area contributed by atoms with E-state index in [0.29, 0.717) is 0 Å². The molecule has 2 nitrogen and oxygen atoms in total. The monoisotopic (exact) mass is 247 g/mol. The highest BCUT2D eigenvalue weighted by molar-refractivity contribution is 5.32. The number of benzene rings is 1. The molecular formula is C16H25NO. The summed E-state index contributed by atoms with van der Waals surface area (Å²) in [4.78, 5) is 0. The maximum absolute atomic E-state index is 5.49. The van der Waals surface area contributed by atoms with Crippen LogP contribution in [0.25, 0.3) is 0 Å². The fourth-order valence-electron chi connectivity index (χ4n) is 2.69. The molecule has 0 aromatic heterocycles. The Morgan fingerprint density at radius 2 is 1.61 bits per heavy atom. The van der Waals surface area contributed by atoms with Crippen LogP contribution in [0.15, 0.2) is 24.3 Å². The highest BCUT2D eigenvalue weighted by Crippen LogP contribution is 2.33. The van der Waals surface area contributed by atoms with Gasteiger partial charge in [-0.3, -0.25) is 0 Å². The average Bonchev–Trinajstić information content (AvgIpc) is 2.39. The summed E-state index contributed by atoms with van der Waals surface area (Å²) in [6.45, 7) is 8.46. The number of hydrogen-bond acceptors (Lipinski definition) is 2. The molecule has 2 rings (SSSR count). The van der Waals surface area contributed by atoms with Crippen LogP contribution in [0.2, 0.25) is 0 Å². The van der Waals surface area contributed by atoms with Gasteiger partial charge in [0.25, 0.3) is 0 Å². The Morgan fingerprint density at radius 3 is 2.06 bits per heavy atom. The lowest BCUT2D eigenvalue weighted by Crippen LogP contribution is -2.44. The lowest BCUT2D eigenvalue weighted by atomic mass is 9.80. The molecule has 0 unspecified atom stereocenters. The van der Waals surface area contributed by atoms with Crippen LogP contribution in [0.5, 0.6) is 0 Å². The second-order valence-electron chi connectivity index (χ2n) is 6.27. The second-order valence-corrected chi connectivity index (χ2v) is 6.27. The molecule has 1 aromatic rings. The van der Waals surface area contributed by atoms with Gasteiger partial charge in [-0.05, 0) is 36.4 Å². The zero-order valence-corrected chi connectivity index (χ0v) is 12.0. The van der Waals surface area contributed by atoms with Crippen LogP contribution in [-0.2, 0) is 15.7 Å². The van der Waals surface area contributed by atoms with Crippen LogP contribution in [0.4, 0.5) is 0 Å². The summed E-state index contributed by atoms with van der Waals surface area (Å²) < 4.78 is 5.49. The fourth-order valence-corrected chi connectivity index (χ4v) is 2.69. The smallest absolute Gasteiger partial charge is 0.0486 e. The molecule has 1 fully saturated rings. The third-order valence-corrected chi connectivity index (χ3v) is 4.13. The van der Waals surface area contributed by atoms with Crippen molar-refractivity contribution in [2.24, 2.45) is 0 Å². The van der Waals surface area contributed by atoms with Crippen molar-refractivity contribution in [2.75, 3.05) is 20.3 Å². The van der Waals surface area contributed by atoms with Crippen LogP contribution in [0.3, 0.4) is 0 Å². The zero-order valence-electron chi connectivity index (χ0n) is 12.0. The van der Waals surface area contributed by atoms with Crippen LogP contribution in [0, 0.1) is 0 Å². The summed E-state index contributed by atoms with van der Waals surface area (Å²) in [5.41, 5.74) is 3.11. The molecule has 0 atom stereocenters. The maximum atomic E-state index is 5.49. The van der Waals surface area contributed by atoms with Crippen molar-refractivity contribution in [1.29, 1.82) is 0 Å². The van der Waals surface area contributed by atoms with Crippen LogP contribution in [0.1, 0.15) is 44.7 Å². The molecule has 0 amide bonds. The Kier molecular flexibility index (Phi) is 3.79. The maximum Gasteiger partial charge on any atom is 0.0486 e. The van der Waals surface area contributed by atoms with Crippen molar-refractivity contribution in [3.05, 3.63) is 35.4 Å². The minimum Gasteiger partial charge on any atom is -0.381 e. The van der Waals surface area contributed by atoms with Gasteiger partial charge in [-0.25, -0.2) is 0 Å². The summed E-state index contributed by atoms with van der Waals surface area (Å²) in [6.07, 6.45) is 2.11. The van der Waals surface area contributed by atoms with E-state index in [-0.39, 0.29) is 11.0 Å². The van der Waals surface area contributed by atoms with E-state index in [1.54, 1.807) is 0 Å². The summed E-state index contributed by atoms with van der Waals surface area (Å²) in [7, 11) is 2.06. The minimum atomic E-state index is 0.106. The van der Waals surface area contributed by atoms with Gasteiger partial charge in [0.05, 0.1) is 0 Å². The molecule has 0 radical (unpaired) electrons. The Bertz CT molecular complexity index is 383. The van der Waals surface area contributed by atoms with Gasteiger partial charge in [0.15, 0.2) is 0 Å². The van der Waals surface area contributed by atoms with Crippen LogP contribution >= 0.6 is 0 Å². The van der Waals surface area contributed by atoms with E-state index in [9.17, 15) is 0 Å². The van der Waals surface area contributed by atoms with Crippen molar-refractivity contribution >= 4 is 0 Å². The normalized spacial score (nSPS) is 19.8. The molecule has 1 N–H and O–H groups in total. The van der Waals surface area contributed by atoms with Crippen LogP contribution in [-0.4, -0.2) is 20.3 Å². The molecule has 1 saturated heterocycles. The molecule has 1 aliphatic rings.